The minimum atomic E-state index is -0.332. The number of aromatic nitrogens is 2. The van der Waals surface area contributed by atoms with Crippen molar-refractivity contribution in [3.05, 3.63) is 41.8 Å². The molecular formula is C32H43N7O3. The molecule has 3 unspecified atom stereocenters. The summed E-state index contributed by atoms with van der Waals surface area (Å²) in [6, 6.07) is 0.616. The number of allylic oxidation sites excluding steroid dienone is 3. The summed E-state index contributed by atoms with van der Waals surface area (Å²) in [5.74, 6) is 2.08. The van der Waals surface area contributed by atoms with E-state index in [2.05, 4.69) is 37.6 Å². The molecular weight excluding hydrogens is 530 g/mol. The highest BCUT2D eigenvalue weighted by atomic mass is 16.5. The van der Waals surface area contributed by atoms with Crippen LogP contribution in [0.5, 0.6) is 0 Å². The Hall–Kier alpha value is -3.08. The highest BCUT2D eigenvalue weighted by Gasteiger charge is 2.55. The van der Waals surface area contributed by atoms with Gasteiger partial charge in [-0.25, -0.2) is 4.98 Å². The van der Waals surface area contributed by atoms with Gasteiger partial charge in [0, 0.05) is 56.5 Å². The third-order valence-electron chi connectivity index (χ3n) is 10.6. The molecule has 10 heteroatoms. The summed E-state index contributed by atoms with van der Waals surface area (Å²) >= 11 is 0. The van der Waals surface area contributed by atoms with Gasteiger partial charge in [0.1, 0.15) is 11.8 Å². The van der Waals surface area contributed by atoms with Crippen LogP contribution >= 0.6 is 0 Å². The van der Waals surface area contributed by atoms with Gasteiger partial charge in [-0.05, 0) is 63.6 Å². The third kappa shape index (κ3) is 4.87. The predicted molar refractivity (Wildman–Crippen MR) is 162 cm³/mol. The van der Waals surface area contributed by atoms with Gasteiger partial charge >= 0.3 is 0 Å². The molecule has 3 saturated heterocycles. The van der Waals surface area contributed by atoms with Crippen molar-refractivity contribution in [3.63, 3.8) is 0 Å². The number of rotatable bonds is 8. The number of nitrogens with zero attached hydrogens (tertiary/aromatic N) is 5. The molecule has 1 saturated carbocycles. The maximum Gasteiger partial charge on any atom is 0.234 e. The first-order chi connectivity index (χ1) is 20.4. The molecule has 8 rings (SSSR count). The second kappa shape index (κ2) is 10.9. The molecule has 2 bridgehead atoms. The fourth-order valence-electron chi connectivity index (χ4n) is 7.78. The number of fused-ring (bicyclic) bond motifs is 4. The van der Waals surface area contributed by atoms with Gasteiger partial charge in [0.15, 0.2) is 11.6 Å². The van der Waals surface area contributed by atoms with Crippen molar-refractivity contribution in [3.8, 4) is 0 Å². The van der Waals surface area contributed by atoms with Crippen molar-refractivity contribution >= 4 is 29.1 Å². The van der Waals surface area contributed by atoms with E-state index in [1.54, 1.807) is 18.2 Å². The van der Waals surface area contributed by atoms with E-state index in [9.17, 15) is 9.59 Å². The number of hydrogen-bond donors (Lipinski definition) is 2. The number of hydrogen-bond acceptors (Lipinski definition) is 9. The van der Waals surface area contributed by atoms with Crippen molar-refractivity contribution < 1.29 is 14.3 Å². The standard InChI is InChI=1S/C32H43N7O3/c1-20-23(27(40)17-33-25-18-38-14-10-21(25)11-15-38)8-9-24(28(20)42-3)35-31-34-16-26-29(36-31)39(22-6-4-5-7-22)19-32(12-13-32)30(41)37(26)2/h4,6,8-9,16,20-22,25,28,33H,5,7,10-15,17-19H2,1-3H3,(H,34,35,36)/t20?,22?,25-,28?/m0/s1. The summed E-state index contributed by atoms with van der Waals surface area (Å²) in [5.41, 5.74) is 2.01. The Morgan fingerprint density at radius 3 is 2.67 bits per heavy atom. The smallest absolute Gasteiger partial charge is 0.234 e. The maximum atomic E-state index is 13.4. The van der Waals surface area contributed by atoms with Gasteiger partial charge in [0.25, 0.3) is 0 Å². The number of amides is 1. The Morgan fingerprint density at radius 2 is 2.00 bits per heavy atom. The first kappa shape index (κ1) is 27.7. The minimum absolute atomic E-state index is 0.122. The van der Waals surface area contributed by atoms with Crippen molar-refractivity contribution in [2.75, 3.05) is 62.0 Å². The number of methoxy groups -OCH3 is 1. The SMILES string of the molecule is COC1C(Nc2ncc3c(n2)N(C2C=CCC2)CC2(CC2)C(=O)N3C)=CC=C(C(=O)CN[C@H]2CN3CCC2CC3)C1C. The largest absolute Gasteiger partial charge is 0.375 e. The molecule has 1 spiro atoms. The summed E-state index contributed by atoms with van der Waals surface area (Å²) in [5, 5.41) is 6.97. The lowest BCUT2D eigenvalue weighted by molar-refractivity contribution is -0.123. The number of ketones is 1. The zero-order chi connectivity index (χ0) is 29.0. The van der Waals surface area contributed by atoms with Crippen LogP contribution in [-0.2, 0) is 14.3 Å². The Morgan fingerprint density at radius 1 is 1.19 bits per heavy atom. The molecule has 1 aromatic heterocycles. The van der Waals surface area contributed by atoms with E-state index >= 15 is 0 Å². The summed E-state index contributed by atoms with van der Waals surface area (Å²) in [7, 11) is 3.52. The fourth-order valence-corrected chi connectivity index (χ4v) is 7.78. The van der Waals surface area contributed by atoms with Gasteiger partial charge in [-0.1, -0.05) is 25.2 Å². The second-order valence-electron chi connectivity index (χ2n) is 13.1. The third-order valence-corrected chi connectivity index (χ3v) is 10.6. The van der Waals surface area contributed by atoms with Crippen LogP contribution in [0.4, 0.5) is 17.5 Å². The molecule has 4 atom stereocenters. The molecule has 0 aromatic carbocycles. The van der Waals surface area contributed by atoms with E-state index in [-0.39, 0.29) is 35.2 Å². The average molecular weight is 574 g/mol. The number of nitrogens with one attached hydrogen (secondary N) is 2. The summed E-state index contributed by atoms with van der Waals surface area (Å²) in [6.07, 6.45) is 16.1. The molecule has 224 valence electrons. The Balaban J connectivity index is 1.10. The van der Waals surface area contributed by atoms with Crippen LogP contribution < -0.4 is 20.4 Å². The van der Waals surface area contributed by atoms with Gasteiger partial charge in [-0.3, -0.25) is 9.59 Å². The quantitative estimate of drug-likeness (QED) is 0.455. The average Bonchev–Trinajstić information content (AvgIpc) is 3.62. The van der Waals surface area contributed by atoms with Crippen molar-refractivity contribution in [1.82, 2.24) is 20.2 Å². The molecule has 1 aromatic rings. The van der Waals surface area contributed by atoms with Gasteiger partial charge in [-0.15, -0.1) is 0 Å². The minimum Gasteiger partial charge on any atom is -0.375 e. The van der Waals surface area contributed by atoms with Crippen molar-refractivity contribution in [2.45, 2.75) is 63.6 Å². The monoisotopic (exact) mass is 573 g/mol. The molecule has 4 fully saturated rings. The summed E-state index contributed by atoms with van der Waals surface area (Å²) in [6.45, 7) is 6.49. The van der Waals surface area contributed by atoms with E-state index in [4.69, 9.17) is 9.72 Å². The van der Waals surface area contributed by atoms with Crippen LogP contribution in [0.2, 0.25) is 0 Å². The lowest BCUT2D eigenvalue weighted by Gasteiger charge is -2.45. The Bertz CT molecular complexity index is 1340. The van der Waals surface area contributed by atoms with Gasteiger partial charge in [0.2, 0.25) is 11.9 Å². The highest BCUT2D eigenvalue weighted by Crippen LogP contribution is 2.52. The van der Waals surface area contributed by atoms with E-state index in [0.29, 0.717) is 31.0 Å². The molecule has 1 amide bonds. The highest BCUT2D eigenvalue weighted by molar-refractivity contribution is 6.03. The van der Waals surface area contributed by atoms with Crippen LogP contribution in [-0.4, -0.2) is 91.6 Å². The molecule has 2 N–H and O–H groups in total. The number of Topliss-reactive ketones (excluding diaryl/α,β-unsaturated/α-hetero) is 1. The van der Waals surface area contributed by atoms with Crippen LogP contribution in [0.25, 0.3) is 0 Å². The molecule has 10 nitrogen and oxygen atoms in total. The van der Waals surface area contributed by atoms with E-state index in [1.807, 2.05) is 26.1 Å². The zero-order valence-electron chi connectivity index (χ0n) is 25.0. The first-order valence-electron chi connectivity index (χ1n) is 15.7. The lowest BCUT2D eigenvalue weighted by Crippen LogP contribution is -2.56. The second-order valence-corrected chi connectivity index (χ2v) is 13.1. The van der Waals surface area contributed by atoms with Crippen LogP contribution in [0, 0.1) is 17.3 Å². The van der Waals surface area contributed by atoms with Gasteiger partial charge in [0.05, 0.1) is 18.2 Å². The van der Waals surface area contributed by atoms with Crippen LogP contribution in [0.15, 0.2) is 41.8 Å². The Labute approximate surface area is 248 Å². The Kier molecular flexibility index (Phi) is 7.19. The first-order valence-corrected chi connectivity index (χ1v) is 15.7. The van der Waals surface area contributed by atoms with Gasteiger partial charge in [-0.2, -0.15) is 4.98 Å². The van der Waals surface area contributed by atoms with Crippen molar-refractivity contribution in [1.29, 1.82) is 0 Å². The lowest BCUT2D eigenvalue weighted by atomic mass is 9.83. The van der Waals surface area contributed by atoms with E-state index < -0.39 is 0 Å². The molecule has 3 aliphatic carbocycles. The van der Waals surface area contributed by atoms with Crippen LogP contribution in [0.3, 0.4) is 0 Å². The normalized spacial score (nSPS) is 32.9. The molecule has 7 aliphatic rings. The number of ether oxygens (including phenoxy) is 1. The van der Waals surface area contributed by atoms with Gasteiger partial charge < -0.3 is 30.1 Å². The summed E-state index contributed by atoms with van der Waals surface area (Å²) < 4.78 is 5.93. The molecule has 5 heterocycles. The number of carbonyl (C=O) groups is 2. The topological polar surface area (TPSA) is 103 Å². The maximum absolute atomic E-state index is 13.4. The van der Waals surface area contributed by atoms with Crippen molar-refractivity contribution in [2.24, 2.45) is 17.3 Å². The molecule has 42 heavy (non-hydrogen) atoms. The molecule has 4 aliphatic heterocycles. The zero-order valence-corrected chi connectivity index (χ0v) is 25.0. The number of carbonyl (C=O) groups excluding carboxylic acids is 2. The van der Waals surface area contributed by atoms with E-state index in [0.717, 1.165) is 55.0 Å². The number of anilines is 3. The predicted octanol–water partition coefficient (Wildman–Crippen LogP) is 2.90. The molecule has 0 radical (unpaired) electrons. The van der Waals surface area contributed by atoms with E-state index in [1.165, 1.54) is 25.9 Å². The van der Waals surface area contributed by atoms with Crippen LogP contribution in [0.1, 0.15) is 45.4 Å². The fraction of sp³-hybridized carbons (Fsp3) is 0.625. The number of piperidine rings is 3. The summed E-state index contributed by atoms with van der Waals surface area (Å²) in [4.78, 5) is 42.9.